The minimum atomic E-state index is -0.905. The third-order valence-corrected chi connectivity index (χ3v) is 3.94. The second kappa shape index (κ2) is 5.27. The lowest BCUT2D eigenvalue weighted by Gasteiger charge is -2.00. The average Bonchev–Trinajstić information content (AvgIpc) is 2.80. The Morgan fingerprint density at radius 2 is 2.12 bits per heavy atom. The number of rotatable bonds is 4. The highest BCUT2D eigenvalue weighted by atomic mass is 32.2. The smallest absolute Gasteiger partial charge is 0.139 e. The van der Waals surface area contributed by atoms with Crippen LogP contribution in [-0.4, -0.2) is 25.9 Å². The molecular formula is C10H11N3OS2. The summed E-state index contributed by atoms with van der Waals surface area (Å²) in [5, 5.41) is 11.1. The molecule has 1 atom stereocenters. The van der Waals surface area contributed by atoms with Crippen molar-refractivity contribution in [1.82, 2.24) is 15.4 Å². The molecule has 0 bridgehead atoms. The van der Waals surface area contributed by atoms with E-state index >= 15 is 0 Å². The summed E-state index contributed by atoms with van der Waals surface area (Å²) in [5.74, 6) is 0.836. The summed E-state index contributed by atoms with van der Waals surface area (Å²) in [6.45, 7) is 0. The maximum atomic E-state index is 11.2. The largest absolute Gasteiger partial charge is 0.255 e. The van der Waals surface area contributed by atoms with Gasteiger partial charge in [0.1, 0.15) is 5.03 Å². The number of H-pyrrole nitrogens is 1. The van der Waals surface area contributed by atoms with Gasteiger partial charge in [0.2, 0.25) is 0 Å². The van der Waals surface area contributed by atoms with Crippen LogP contribution in [0.3, 0.4) is 0 Å². The molecule has 0 fully saturated rings. The molecule has 0 aliphatic heterocycles. The van der Waals surface area contributed by atoms with Crippen molar-refractivity contribution in [1.29, 1.82) is 0 Å². The van der Waals surface area contributed by atoms with Crippen LogP contribution in [-0.2, 0) is 16.6 Å². The predicted octanol–water partition coefficient (Wildman–Crippen LogP) is 1.83. The van der Waals surface area contributed by atoms with Crippen molar-refractivity contribution in [2.24, 2.45) is 0 Å². The lowest BCUT2D eigenvalue weighted by Crippen LogP contribution is -1.88. The molecule has 2 rings (SSSR count). The van der Waals surface area contributed by atoms with Crippen molar-refractivity contribution < 1.29 is 4.21 Å². The summed E-state index contributed by atoms with van der Waals surface area (Å²) >= 11 is 1.61. The van der Waals surface area contributed by atoms with Gasteiger partial charge in [-0.25, -0.2) is 0 Å². The molecule has 1 heterocycles. The number of hydrogen-bond donors (Lipinski definition) is 1. The Kier molecular flexibility index (Phi) is 3.74. The monoisotopic (exact) mass is 253 g/mol. The second-order valence-electron chi connectivity index (χ2n) is 3.19. The van der Waals surface area contributed by atoms with Crippen LogP contribution in [0, 0.1) is 0 Å². The first-order chi connectivity index (χ1) is 7.75. The molecule has 1 aromatic heterocycles. The molecule has 1 N–H and O–H groups in total. The molecule has 0 amide bonds. The third-order valence-electron chi connectivity index (χ3n) is 2.03. The van der Waals surface area contributed by atoms with Crippen LogP contribution in [0.1, 0.15) is 5.56 Å². The molecule has 0 spiro atoms. The van der Waals surface area contributed by atoms with Crippen molar-refractivity contribution in [2.45, 2.75) is 15.7 Å². The Balaban J connectivity index is 1.98. The molecule has 84 valence electrons. The van der Waals surface area contributed by atoms with Gasteiger partial charge >= 0.3 is 0 Å². The number of aromatic amines is 1. The van der Waals surface area contributed by atoms with Gasteiger partial charge in [-0.15, -0.1) is 5.10 Å². The fraction of sp³-hybridized carbons (Fsp3) is 0.200. The van der Waals surface area contributed by atoms with E-state index < -0.39 is 10.8 Å². The SMILES string of the molecule is CS(=O)c1ccc(CSc2cn[nH]n2)cc1. The molecular weight excluding hydrogens is 242 g/mol. The van der Waals surface area contributed by atoms with E-state index in [1.807, 2.05) is 24.3 Å². The summed E-state index contributed by atoms with van der Waals surface area (Å²) in [6, 6.07) is 7.78. The van der Waals surface area contributed by atoms with Crippen molar-refractivity contribution >= 4 is 22.6 Å². The molecule has 0 aliphatic rings. The Hall–Kier alpha value is -1.14. The lowest BCUT2D eigenvalue weighted by molar-refractivity contribution is 0.687. The topological polar surface area (TPSA) is 58.6 Å². The van der Waals surface area contributed by atoms with Gasteiger partial charge in [0.25, 0.3) is 0 Å². The van der Waals surface area contributed by atoms with E-state index in [1.165, 1.54) is 5.56 Å². The van der Waals surface area contributed by atoms with Crippen LogP contribution in [0.15, 0.2) is 40.4 Å². The van der Waals surface area contributed by atoms with Crippen molar-refractivity contribution in [2.75, 3.05) is 6.26 Å². The first-order valence-electron chi connectivity index (χ1n) is 4.66. The zero-order chi connectivity index (χ0) is 11.4. The molecule has 0 saturated carbocycles. The van der Waals surface area contributed by atoms with E-state index in [4.69, 9.17) is 0 Å². The number of hydrogen-bond acceptors (Lipinski definition) is 4. The van der Waals surface area contributed by atoms with E-state index in [2.05, 4.69) is 15.4 Å². The van der Waals surface area contributed by atoms with Crippen molar-refractivity contribution in [3.8, 4) is 0 Å². The summed E-state index contributed by atoms with van der Waals surface area (Å²) in [4.78, 5) is 0.857. The fourth-order valence-corrected chi connectivity index (χ4v) is 2.45. The van der Waals surface area contributed by atoms with Crippen LogP contribution in [0.25, 0.3) is 0 Å². The molecule has 0 saturated heterocycles. The Bertz CT molecular complexity index is 467. The van der Waals surface area contributed by atoms with E-state index in [9.17, 15) is 4.21 Å². The van der Waals surface area contributed by atoms with Crippen LogP contribution in [0.2, 0.25) is 0 Å². The molecule has 0 radical (unpaired) electrons. The highest BCUT2D eigenvalue weighted by molar-refractivity contribution is 7.98. The molecule has 16 heavy (non-hydrogen) atoms. The summed E-state index contributed by atoms with van der Waals surface area (Å²) in [6.07, 6.45) is 3.37. The highest BCUT2D eigenvalue weighted by Gasteiger charge is 2.00. The van der Waals surface area contributed by atoms with Gasteiger partial charge in [-0.3, -0.25) is 4.21 Å². The van der Waals surface area contributed by atoms with E-state index in [0.29, 0.717) is 0 Å². The molecule has 1 aromatic carbocycles. The summed E-state index contributed by atoms with van der Waals surface area (Å²) in [5.41, 5.74) is 1.18. The van der Waals surface area contributed by atoms with Gasteiger partial charge < -0.3 is 0 Å². The molecule has 1 unspecified atom stereocenters. The number of benzene rings is 1. The maximum Gasteiger partial charge on any atom is 0.139 e. The molecule has 0 aliphatic carbocycles. The van der Waals surface area contributed by atoms with E-state index in [1.54, 1.807) is 24.2 Å². The number of nitrogens with one attached hydrogen (secondary N) is 1. The number of thioether (sulfide) groups is 1. The van der Waals surface area contributed by atoms with E-state index in [-0.39, 0.29) is 0 Å². The Morgan fingerprint density at radius 1 is 1.38 bits per heavy atom. The van der Waals surface area contributed by atoms with Crippen LogP contribution in [0.5, 0.6) is 0 Å². The summed E-state index contributed by atoms with van der Waals surface area (Å²) in [7, 11) is -0.905. The normalized spacial score (nSPS) is 12.6. The standard InChI is InChI=1S/C10H11N3OS2/c1-16(14)9-4-2-8(3-5-9)7-15-10-6-11-13-12-10/h2-6H,7H2,1H3,(H,11,12,13). The maximum absolute atomic E-state index is 11.2. The van der Waals surface area contributed by atoms with Gasteiger partial charge in [-0.1, -0.05) is 23.9 Å². The number of aromatic nitrogens is 3. The molecule has 2 aromatic rings. The fourth-order valence-electron chi connectivity index (χ4n) is 1.20. The Labute approximate surface area is 100 Å². The first kappa shape index (κ1) is 11.3. The molecule has 6 heteroatoms. The van der Waals surface area contributed by atoms with Crippen molar-refractivity contribution in [3.63, 3.8) is 0 Å². The van der Waals surface area contributed by atoms with Gasteiger partial charge in [-0.2, -0.15) is 10.3 Å². The molecule has 4 nitrogen and oxygen atoms in total. The van der Waals surface area contributed by atoms with Crippen LogP contribution < -0.4 is 0 Å². The van der Waals surface area contributed by atoms with Gasteiger partial charge in [0.05, 0.1) is 6.20 Å². The lowest BCUT2D eigenvalue weighted by atomic mass is 10.2. The minimum Gasteiger partial charge on any atom is -0.255 e. The minimum absolute atomic E-state index is 0.836. The number of nitrogens with zero attached hydrogens (tertiary/aromatic N) is 2. The predicted molar refractivity (Wildman–Crippen MR) is 64.7 cm³/mol. The van der Waals surface area contributed by atoms with Crippen LogP contribution >= 0.6 is 11.8 Å². The average molecular weight is 253 g/mol. The zero-order valence-electron chi connectivity index (χ0n) is 8.71. The first-order valence-corrected chi connectivity index (χ1v) is 7.21. The second-order valence-corrected chi connectivity index (χ2v) is 5.57. The van der Waals surface area contributed by atoms with Crippen LogP contribution in [0.4, 0.5) is 0 Å². The summed E-state index contributed by atoms with van der Waals surface area (Å²) < 4.78 is 11.2. The highest BCUT2D eigenvalue weighted by Crippen LogP contribution is 2.20. The third kappa shape index (κ3) is 2.93. The van der Waals surface area contributed by atoms with Crippen molar-refractivity contribution in [3.05, 3.63) is 36.0 Å². The Morgan fingerprint density at radius 3 is 2.69 bits per heavy atom. The van der Waals surface area contributed by atoms with E-state index in [0.717, 1.165) is 15.7 Å². The zero-order valence-corrected chi connectivity index (χ0v) is 10.3. The van der Waals surface area contributed by atoms with Gasteiger partial charge in [0.15, 0.2) is 0 Å². The quantitative estimate of drug-likeness (QED) is 0.845. The van der Waals surface area contributed by atoms with Gasteiger partial charge in [0, 0.05) is 27.7 Å². The van der Waals surface area contributed by atoms with Gasteiger partial charge in [-0.05, 0) is 17.7 Å².